The summed E-state index contributed by atoms with van der Waals surface area (Å²) in [7, 11) is 2.17. The fraction of sp³-hybridized carbons (Fsp3) is 0.360. The van der Waals surface area contributed by atoms with Gasteiger partial charge in [0, 0.05) is 37.3 Å². The zero-order valence-corrected chi connectivity index (χ0v) is 18.1. The van der Waals surface area contributed by atoms with Crippen LogP contribution in [0.1, 0.15) is 23.1 Å². The zero-order valence-electron chi connectivity index (χ0n) is 18.1. The van der Waals surface area contributed by atoms with Crippen molar-refractivity contribution < 1.29 is 4.74 Å². The molecule has 1 aromatic heterocycles. The van der Waals surface area contributed by atoms with Crippen molar-refractivity contribution in [3.63, 3.8) is 0 Å². The van der Waals surface area contributed by atoms with Crippen LogP contribution in [0.3, 0.4) is 0 Å². The molecular weight excluding hydrogens is 386 g/mol. The Hall–Kier alpha value is -3.12. The van der Waals surface area contributed by atoms with Gasteiger partial charge in [0.2, 0.25) is 5.95 Å². The topological polar surface area (TPSA) is 67.5 Å². The van der Waals surface area contributed by atoms with Gasteiger partial charge in [0.25, 0.3) is 0 Å². The maximum Gasteiger partial charge on any atom is 0.222 e. The molecule has 1 aliphatic carbocycles. The summed E-state index contributed by atoms with van der Waals surface area (Å²) in [6, 6.07) is 16.6. The minimum atomic E-state index is 0.352. The van der Waals surface area contributed by atoms with Gasteiger partial charge in [-0.25, -0.2) is 4.98 Å². The number of hydrogen-bond donors (Lipinski definition) is 1. The molecular formula is C25H29N5O. The average Bonchev–Trinajstić information content (AvgIpc) is 2.97. The molecule has 1 aliphatic heterocycles. The van der Waals surface area contributed by atoms with Gasteiger partial charge in [-0.3, -0.25) is 0 Å². The van der Waals surface area contributed by atoms with Gasteiger partial charge >= 0.3 is 0 Å². The van der Waals surface area contributed by atoms with Gasteiger partial charge in [-0.05, 0) is 55.6 Å². The van der Waals surface area contributed by atoms with Crippen molar-refractivity contribution in [2.75, 3.05) is 43.9 Å². The van der Waals surface area contributed by atoms with Gasteiger partial charge < -0.3 is 20.3 Å². The summed E-state index contributed by atoms with van der Waals surface area (Å²) >= 11 is 0. The minimum Gasteiger partial charge on any atom is -0.489 e. The number of rotatable bonds is 4. The molecule has 1 fully saturated rings. The number of piperazine rings is 1. The third-order valence-corrected chi connectivity index (χ3v) is 6.26. The summed E-state index contributed by atoms with van der Waals surface area (Å²) in [5.74, 6) is 2.27. The zero-order chi connectivity index (χ0) is 21.2. The molecule has 0 saturated carbocycles. The van der Waals surface area contributed by atoms with Crippen LogP contribution in [-0.4, -0.2) is 48.1 Å². The van der Waals surface area contributed by atoms with Crippen LogP contribution in [0.2, 0.25) is 0 Å². The Morgan fingerprint density at radius 2 is 1.77 bits per heavy atom. The predicted octanol–water partition coefficient (Wildman–Crippen LogP) is 3.55. The molecule has 6 nitrogen and oxygen atoms in total. The van der Waals surface area contributed by atoms with E-state index >= 15 is 0 Å². The molecule has 0 unspecified atom stereocenters. The Bertz CT molecular complexity index is 1060. The number of likely N-dealkylation sites (N-methyl/N-ethyl adjacent to an activating group) is 1. The number of nitrogen functional groups attached to an aromatic ring is 1. The molecule has 6 heteroatoms. The lowest BCUT2D eigenvalue weighted by Gasteiger charge is -2.34. The smallest absolute Gasteiger partial charge is 0.222 e. The fourth-order valence-electron chi connectivity index (χ4n) is 4.52. The van der Waals surface area contributed by atoms with Crippen molar-refractivity contribution in [2.24, 2.45) is 0 Å². The van der Waals surface area contributed by atoms with Crippen LogP contribution in [-0.2, 0) is 19.4 Å². The Kier molecular flexibility index (Phi) is 5.47. The SMILES string of the molecule is CN1CCN(c2nc(N)nc3c2CCCc2cc(OCc4ccccc4)ccc2-3)CC1. The fourth-order valence-corrected chi connectivity index (χ4v) is 4.52. The molecule has 2 heterocycles. The highest BCUT2D eigenvalue weighted by molar-refractivity contribution is 5.74. The first-order valence-electron chi connectivity index (χ1n) is 11.1. The number of aryl methyl sites for hydroxylation is 1. The van der Waals surface area contributed by atoms with E-state index in [1.54, 1.807) is 0 Å². The second kappa shape index (κ2) is 8.55. The second-order valence-corrected chi connectivity index (χ2v) is 8.47. The van der Waals surface area contributed by atoms with Crippen LogP contribution in [0.5, 0.6) is 5.75 Å². The Labute approximate surface area is 183 Å². The molecule has 2 aliphatic rings. The highest BCUT2D eigenvalue weighted by Gasteiger charge is 2.25. The van der Waals surface area contributed by atoms with E-state index in [0.717, 1.165) is 68.3 Å². The highest BCUT2D eigenvalue weighted by Crippen LogP contribution is 2.37. The molecule has 0 spiro atoms. The Morgan fingerprint density at radius 3 is 2.58 bits per heavy atom. The van der Waals surface area contributed by atoms with Crippen LogP contribution in [0, 0.1) is 0 Å². The molecule has 2 N–H and O–H groups in total. The first-order valence-corrected chi connectivity index (χ1v) is 11.1. The molecule has 2 aromatic carbocycles. The van der Waals surface area contributed by atoms with Crippen LogP contribution < -0.4 is 15.4 Å². The summed E-state index contributed by atoms with van der Waals surface area (Å²) in [6.07, 6.45) is 3.03. The maximum absolute atomic E-state index is 6.18. The molecule has 1 saturated heterocycles. The number of benzene rings is 2. The van der Waals surface area contributed by atoms with Crippen LogP contribution in [0.25, 0.3) is 11.3 Å². The summed E-state index contributed by atoms with van der Waals surface area (Å²) in [4.78, 5) is 14.1. The molecule has 3 aromatic rings. The Balaban J connectivity index is 1.45. The van der Waals surface area contributed by atoms with Crippen LogP contribution in [0.15, 0.2) is 48.5 Å². The van der Waals surface area contributed by atoms with Crippen molar-refractivity contribution in [1.82, 2.24) is 14.9 Å². The molecule has 0 radical (unpaired) electrons. The summed E-state index contributed by atoms with van der Waals surface area (Å²) in [6.45, 7) is 4.59. The average molecular weight is 416 g/mol. The second-order valence-electron chi connectivity index (χ2n) is 8.47. The standard InChI is InChI=1S/C25H29N5O/c1-29-12-14-30(15-13-29)24-22-9-5-8-19-16-20(31-17-18-6-3-2-4-7-18)10-11-21(19)23(22)27-25(26)28-24/h2-4,6-7,10-11,16H,5,8-9,12-15,17H2,1H3,(H2,26,27,28). The first-order chi connectivity index (χ1) is 15.2. The lowest BCUT2D eigenvalue weighted by molar-refractivity contribution is 0.306. The predicted molar refractivity (Wildman–Crippen MR) is 124 cm³/mol. The van der Waals surface area contributed by atoms with E-state index in [4.69, 9.17) is 15.5 Å². The van der Waals surface area contributed by atoms with Crippen LogP contribution in [0.4, 0.5) is 11.8 Å². The number of ether oxygens (including phenoxy) is 1. The van der Waals surface area contributed by atoms with Gasteiger partial charge in [0.05, 0.1) is 5.69 Å². The van der Waals surface area contributed by atoms with Gasteiger partial charge in [0.15, 0.2) is 0 Å². The van der Waals surface area contributed by atoms with Gasteiger partial charge in [0.1, 0.15) is 18.2 Å². The number of fused-ring (bicyclic) bond motifs is 3. The Morgan fingerprint density at radius 1 is 0.968 bits per heavy atom. The molecule has 5 rings (SSSR count). The van der Waals surface area contributed by atoms with E-state index in [2.05, 4.69) is 46.1 Å². The van der Waals surface area contributed by atoms with E-state index < -0.39 is 0 Å². The quantitative estimate of drug-likeness (QED) is 0.703. The number of aromatic nitrogens is 2. The third-order valence-electron chi connectivity index (χ3n) is 6.26. The third kappa shape index (κ3) is 4.21. The lowest BCUT2D eigenvalue weighted by Crippen LogP contribution is -2.45. The van der Waals surface area contributed by atoms with Crippen molar-refractivity contribution in [3.8, 4) is 17.0 Å². The monoisotopic (exact) mass is 415 g/mol. The number of nitrogens with two attached hydrogens (primary N) is 1. The summed E-state index contributed by atoms with van der Waals surface area (Å²) in [5.41, 5.74) is 12.0. The normalized spacial score (nSPS) is 16.4. The largest absolute Gasteiger partial charge is 0.489 e. The highest BCUT2D eigenvalue weighted by atomic mass is 16.5. The van der Waals surface area contributed by atoms with Crippen molar-refractivity contribution in [1.29, 1.82) is 0 Å². The van der Waals surface area contributed by atoms with E-state index in [1.165, 1.54) is 16.7 Å². The van der Waals surface area contributed by atoms with Gasteiger partial charge in [-0.1, -0.05) is 30.3 Å². The molecule has 160 valence electrons. The summed E-state index contributed by atoms with van der Waals surface area (Å²) < 4.78 is 6.07. The van der Waals surface area contributed by atoms with E-state index in [1.807, 2.05) is 24.3 Å². The van der Waals surface area contributed by atoms with Crippen LogP contribution >= 0.6 is 0 Å². The van der Waals surface area contributed by atoms with Gasteiger partial charge in [-0.2, -0.15) is 4.98 Å². The molecule has 0 atom stereocenters. The van der Waals surface area contributed by atoms with E-state index in [-0.39, 0.29) is 0 Å². The number of hydrogen-bond acceptors (Lipinski definition) is 6. The lowest BCUT2D eigenvalue weighted by atomic mass is 10.0. The minimum absolute atomic E-state index is 0.352. The number of anilines is 2. The maximum atomic E-state index is 6.18. The molecule has 0 amide bonds. The van der Waals surface area contributed by atoms with Crippen molar-refractivity contribution in [2.45, 2.75) is 25.9 Å². The first kappa shape index (κ1) is 19.8. The van der Waals surface area contributed by atoms with Crippen molar-refractivity contribution >= 4 is 11.8 Å². The molecule has 0 bridgehead atoms. The van der Waals surface area contributed by atoms with E-state index in [0.29, 0.717) is 12.6 Å². The van der Waals surface area contributed by atoms with Crippen molar-refractivity contribution in [3.05, 3.63) is 65.2 Å². The van der Waals surface area contributed by atoms with E-state index in [9.17, 15) is 0 Å². The summed E-state index contributed by atoms with van der Waals surface area (Å²) in [5, 5.41) is 0. The van der Waals surface area contributed by atoms with Gasteiger partial charge in [-0.15, -0.1) is 0 Å². The molecule has 31 heavy (non-hydrogen) atoms. The number of nitrogens with zero attached hydrogens (tertiary/aromatic N) is 4.